The number of fused-ring (bicyclic) bond motifs is 4. The Kier molecular flexibility index (Phi) is 4.80. The van der Waals surface area contributed by atoms with Gasteiger partial charge in [0.2, 0.25) is 0 Å². The fourth-order valence-electron chi connectivity index (χ4n) is 6.55. The minimum atomic E-state index is 1.15. The zero-order valence-electron chi connectivity index (χ0n) is 22.2. The number of rotatable bonds is 4. The van der Waals surface area contributed by atoms with E-state index in [2.05, 4.69) is 155 Å². The van der Waals surface area contributed by atoms with Gasteiger partial charge in [-0.1, -0.05) is 84.9 Å². The summed E-state index contributed by atoms with van der Waals surface area (Å²) in [6.07, 6.45) is 0. The Morgan fingerprint density at radius 3 is 1.90 bits per heavy atom. The molecule has 0 bridgehead atoms. The predicted molar refractivity (Wildman–Crippen MR) is 177 cm³/mol. The van der Waals surface area contributed by atoms with Crippen molar-refractivity contribution in [2.45, 2.75) is 0 Å². The SMILES string of the molecule is c1ccc(N(c2ccccc2)c2ccc3c(c2)sc2c3cc3ccc4cccc5c4c3c2n5-c2ccccc2)cc1. The summed E-state index contributed by atoms with van der Waals surface area (Å²) in [6.45, 7) is 0. The number of benzene rings is 7. The van der Waals surface area contributed by atoms with Crippen molar-refractivity contribution in [3.05, 3.63) is 146 Å². The highest BCUT2D eigenvalue weighted by atomic mass is 32.1. The summed E-state index contributed by atoms with van der Waals surface area (Å²) in [5.41, 5.74) is 7.23. The smallest absolute Gasteiger partial charge is 0.0726 e. The molecule has 0 spiro atoms. The highest BCUT2D eigenvalue weighted by Crippen LogP contribution is 2.48. The highest BCUT2D eigenvalue weighted by Gasteiger charge is 2.22. The Morgan fingerprint density at radius 2 is 1.17 bits per heavy atom. The van der Waals surface area contributed by atoms with Gasteiger partial charge < -0.3 is 9.47 Å². The molecule has 0 aliphatic heterocycles. The van der Waals surface area contributed by atoms with Crippen LogP contribution in [0.1, 0.15) is 0 Å². The van der Waals surface area contributed by atoms with Crippen molar-refractivity contribution >= 4 is 81.1 Å². The lowest BCUT2D eigenvalue weighted by atomic mass is 10.00. The number of para-hydroxylation sites is 3. The van der Waals surface area contributed by atoms with E-state index >= 15 is 0 Å². The van der Waals surface area contributed by atoms with Gasteiger partial charge in [-0.3, -0.25) is 0 Å². The Labute approximate surface area is 241 Å². The van der Waals surface area contributed by atoms with Crippen LogP contribution in [0.5, 0.6) is 0 Å². The zero-order chi connectivity index (χ0) is 26.9. The van der Waals surface area contributed by atoms with Crippen LogP contribution in [0, 0.1) is 0 Å². The van der Waals surface area contributed by atoms with Gasteiger partial charge in [0.1, 0.15) is 0 Å². The summed E-state index contributed by atoms with van der Waals surface area (Å²) in [7, 11) is 0. The molecule has 2 heterocycles. The first-order valence-corrected chi connectivity index (χ1v) is 14.8. The minimum Gasteiger partial charge on any atom is -0.310 e. The number of anilines is 3. The van der Waals surface area contributed by atoms with Crippen LogP contribution < -0.4 is 4.90 Å². The van der Waals surface area contributed by atoms with Crippen LogP contribution in [0.3, 0.4) is 0 Å². The van der Waals surface area contributed by atoms with Gasteiger partial charge >= 0.3 is 0 Å². The van der Waals surface area contributed by atoms with Crippen LogP contribution in [-0.4, -0.2) is 4.57 Å². The Balaban J connectivity index is 1.37. The van der Waals surface area contributed by atoms with Crippen molar-refractivity contribution in [1.29, 1.82) is 0 Å². The average molecular weight is 541 g/mol. The minimum absolute atomic E-state index is 1.15. The second-order valence-corrected chi connectivity index (χ2v) is 11.7. The molecule has 0 atom stereocenters. The second kappa shape index (κ2) is 8.69. The molecule has 0 N–H and O–H groups in total. The molecule has 0 saturated carbocycles. The van der Waals surface area contributed by atoms with Crippen molar-refractivity contribution in [2.24, 2.45) is 0 Å². The van der Waals surface area contributed by atoms with Crippen LogP contribution in [0.2, 0.25) is 0 Å². The summed E-state index contributed by atoms with van der Waals surface area (Å²) in [5, 5.41) is 7.92. The van der Waals surface area contributed by atoms with Crippen LogP contribution in [0.15, 0.2) is 146 Å². The molecule has 41 heavy (non-hydrogen) atoms. The quantitative estimate of drug-likeness (QED) is 0.202. The van der Waals surface area contributed by atoms with Gasteiger partial charge in [-0.2, -0.15) is 0 Å². The molecule has 0 aliphatic rings. The molecule has 0 radical (unpaired) electrons. The molecule has 2 aromatic heterocycles. The molecule has 192 valence electrons. The summed E-state index contributed by atoms with van der Waals surface area (Å²) in [4.78, 5) is 2.34. The Morgan fingerprint density at radius 1 is 0.488 bits per heavy atom. The van der Waals surface area contributed by atoms with Crippen molar-refractivity contribution in [1.82, 2.24) is 4.57 Å². The molecule has 2 nitrogen and oxygen atoms in total. The van der Waals surface area contributed by atoms with Crippen molar-refractivity contribution in [3.8, 4) is 5.69 Å². The molecule has 0 saturated heterocycles. The lowest BCUT2D eigenvalue weighted by Gasteiger charge is -2.25. The normalized spacial score (nSPS) is 11.9. The van der Waals surface area contributed by atoms with E-state index in [1.54, 1.807) is 0 Å². The summed E-state index contributed by atoms with van der Waals surface area (Å²) < 4.78 is 5.10. The fourth-order valence-corrected chi connectivity index (χ4v) is 7.81. The van der Waals surface area contributed by atoms with E-state index in [4.69, 9.17) is 0 Å². The van der Waals surface area contributed by atoms with Gasteiger partial charge in [0, 0.05) is 49.0 Å². The van der Waals surface area contributed by atoms with Crippen molar-refractivity contribution < 1.29 is 0 Å². The first kappa shape index (κ1) is 22.7. The van der Waals surface area contributed by atoms with Crippen LogP contribution >= 0.6 is 11.3 Å². The molecular weight excluding hydrogens is 516 g/mol. The van der Waals surface area contributed by atoms with Crippen LogP contribution in [-0.2, 0) is 0 Å². The molecule has 7 aromatic carbocycles. The third-order valence-electron chi connectivity index (χ3n) is 8.29. The number of aromatic nitrogens is 1. The molecule has 3 heteroatoms. The number of nitrogens with zero attached hydrogens (tertiary/aromatic N) is 2. The number of thiophene rings is 1. The standard InChI is InChI=1S/C38H24N2S/c1-4-12-27(13-5-1)39(28-14-6-2-7-15-28)30-21-22-31-32-23-26-20-19-25-11-10-18-33-35(25)36(26)37(38(32)41-34(31)24-30)40(33)29-16-8-3-9-17-29/h1-24H. The summed E-state index contributed by atoms with van der Waals surface area (Å²) >= 11 is 1.90. The maximum atomic E-state index is 2.48. The highest BCUT2D eigenvalue weighted by molar-refractivity contribution is 7.26. The Hall–Kier alpha value is -5.12. The first-order chi connectivity index (χ1) is 20.3. The molecular formula is C38H24N2S. The van der Waals surface area contributed by atoms with Gasteiger partial charge in [-0.05, 0) is 71.4 Å². The van der Waals surface area contributed by atoms with Gasteiger partial charge in [-0.15, -0.1) is 11.3 Å². The van der Waals surface area contributed by atoms with E-state index in [0.29, 0.717) is 0 Å². The predicted octanol–water partition coefficient (Wildman–Crippen LogP) is 11.2. The van der Waals surface area contributed by atoms with Gasteiger partial charge in [0.05, 0.1) is 15.7 Å². The van der Waals surface area contributed by atoms with E-state index in [1.165, 1.54) is 58.4 Å². The molecule has 0 unspecified atom stereocenters. The second-order valence-electron chi connectivity index (χ2n) is 10.6. The zero-order valence-corrected chi connectivity index (χ0v) is 23.0. The maximum absolute atomic E-state index is 2.48. The lowest BCUT2D eigenvalue weighted by Crippen LogP contribution is -2.09. The van der Waals surface area contributed by atoms with E-state index in [0.717, 1.165) is 17.1 Å². The maximum Gasteiger partial charge on any atom is 0.0726 e. The van der Waals surface area contributed by atoms with E-state index < -0.39 is 0 Å². The molecule has 0 amide bonds. The van der Waals surface area contributed by atoms with Gasteiger partial charge in [0.15, 0.2) is 0 Å². The van der Waals surface area contributed by atoms with E-state index in [9.17, 15) is 0 Å². The molecule has 9 aromatic rings. The van der Waals surface area contributed by atoms with E-state index in [-0.39, 0.29) is 0 Å². The molecule has 0 fully saturated rings. The summed E-state index contributed by atoms with van der Waals surface area (Å²) in [6, 6.07) is 52.7. The third kappa shape index (κ3) is 3.30. The lowest BCUT2D eigenvalue weighted by molar-refractivity contribution is 1.19. The molecule has 0 aliphatic carbocycles. The largest absolute Gasteiger partial charge is 0.310 e. The number of hydrogen-bond donors (Lipinski definition) is 0. The average Bonchev–Trinajstić information content (AvgIpc) is 3.58. The first-order valence-electron chi connectivity index (χ1n) is 14.0. The van der Waals surface area contributed by atoms with Crippen molar-refractivity contribution in [2.75, 3.05) is 4.90 Å². The van der Waals surface area contributed by atoms with Crippen molar-refractivity contribution in [3.63, 3.8) is 0 Å². The van der Waals surface area contributed by atoms with Crippen LogP contribution in [0.4, 0.5) is 17.1 Å². The topological polar surface area (TPSA) is 8.17 Å². The van der Waals surface area contributed by atoms with E-state index in [1.807, 2.05) is 11.3 Å². The summed E-state index contributed by atoms with van der Waals surface area (Å²) in [5.74, 6) is 0. The monoisotopic (exact) mass is 540 g/mol. The Bertz CT molecular complexity index is 2310. The molecule has 9 rings (SSSR count). The van der Waals surface area contributed by atoms with Crippen LogP contribution in [0.25, 0.3) is 58.4 Å². The van der Waals surface area contributed by atoms with Gasteiger partial charge in [0.25, 0.3) is 0 Å². The third-order valence-corrected chi connectivity index (χ3v) is 9.46. The fraction of sp³-hybridized carbons (Fsp3) is 0. The number of hydrogen-bond acceptors (Lipinski definition) is 2. The van der Waals surface area contributed by atoms with Gasteiger partial charge in [-0.25, -0.2) is 0 Å².